The molecule has 3 aromatic rings. The number of hydrogen-bond acceptors (Lipinski definition) is 6. The van der Waals surface area contributed by atoms with Gasteiger partial charge >= 0.3 is 0 Å². The third-order valence-electron chi connectivity index (χ3n) is 3.50. The van der Waals surface area contributed by atoms with Crippen LogP contribution in [0.4, 0.5) is 20.3 Å². The van der Waals surface area contributed by atoms with Crippen LogP contribution in [0.3, 0.4) is 0 Å². The minimum Gasteiger partial charge on any atom is -0.497 e. The van der Waals surface area contributed by atoms with Crippen molar-refractivity contribution >= 4 is 23.1 Å². The van der Waals surface area contributed by atoms with Gasteiger partial charge in [-0.2, -0.15) is 10.1 Å². The van der Waals surface area contributed by atoms with Gasteiger partial charge in [0.05, 0.1) is 25.2 Å². The largest absolute Gasteiger partial charge is 0.497 e. The number of alkyl halides is 2. The first-order chi connectivity index (χ1) is 13.0. The fourth-order valence-corrected chi connectivity index (χ4v) is 2.37. The molecule has 0 atom stereocenters. The Morgan fingerprint density at radius 3 is 2.70 bits per heavy atom. The summed E-state index contributed by atoms with van der Waals surface area (Å²) >= 11 is 5.86. The van der Waals surface area contributed by atoms with Crippen LogP contribution >= 0.6 is 11.6 Å². The van der Waals surface area contributed by atoms with E-state index in [0.29, 0.717) is 17.3 Å². The molecule has 0 bridgehead atoms. The van der Waals surface area contributed by atoms with E-state index in [0.717, 1.165) is 16.0 Å². The molecule has 1 aromatic carbocycles. The second-order valence-corrected chi connectivity index (χ2v) is 5.79. The van der Waals surface area contributed by atoms with Gasteiger partial charge in [-0.1, -0.05) is 12.1 Å². The van der Waals surface area contributed by atoms with E-state index < -0.39 is 13.0 Å². The summed E-state index contributed by atoms with van der Waals surface area (Å²) in [6, 6.07) is 7.40. The molecule has 0 aliphatic rings. The topological polar surface area (TPSA) is 74.1 Å². The molecule has 0 unspecified atom stereocenters. The molecule has 10 heteroatoms. The second kappa shape index (κ2) is 8.63. The van der Waals surface area contributed by atoms with Gasteiger partial charge in [-0.15, -0.1) is 0 Å². The van der Waals surface area contributed by atoms with Gasteiger partial charge in [0.15, 0.2) is 11.6 Å². The Labute approximate surface area is 158 Å². The Morgan fingerprint density at radius 1 is 1.22 bits per heavy atom. The zero-order chi connectivity index (χ0) is 19.2. The highest BCUT2D eigenvalue weighted by atomic mass is 35.5. The first kappa shape index (κ1) is 18.8. The minimum absolute atomic E-state index is 0.0225. The number of aromatic nitrogens is 4. The molecule has 2 aromatic heterocycles. The van der Waals surface area contributed by atoms with Gasteiger partial charge in [0.25, 0.3) is 6.43 Å². The molecule has 3 rings (SSSR count). The summed E-state index contributed by atoms with van der Waals surface area (Å²) in [6.07, 6.45) is 1.79. The lowest BCUT2D eigenvalue weighted by molar-refractivity contribution is 0.122. The first-order valence-corrected chi connectivity index (χ1v) is 8.27. The number of rotatable bonds is 8. The molecule has 1 N–H and O–H groups in total. The number of ether oxygens (including phenoxy) is 2. The fraction of sp³-hybridized carbons (Fsp3) is 0.235. The van der Waals surface area contributed by atoms with Crippen molar-refractivity contribution in [3.63, 3.8) is 0 Å². The molecular formula is C17H16ClF2N5O2. The smallest absolute Gasteiger partial charge is 0.257 e. The zero-order valence-corrected chi connectivity index (χ0v) is 15.0. The highest BCUT2D eigenvalue weighted by Crippen LogP contribution is 2.27. The van der Waals surface area contributed by atoms with Crippen molar-refractivity contribution in [2.45, 2.75) is 19.6 Å². The quantitative estimate of drug-likeness (QED) is 0.583. The van der Waals surface area contributed by atoms with E-state index in [4.69, 9.17) is 21.1 Å². The Bertz CT molecular complexity index is 889. The predicted molar refractivity (Wildman–Crippen MR) is 95.9 cm³/mol. The van der Waals surface area contributed by atoms with Crippen LogP contribution in [0.1, 0.15) is 5.56 Å². The van der Waals surface area contributed by atoms with Gasteiger partial charge in [0.2, 0.25) is 5.28 Å². The van der Waals surface area contributed by atoms with Gasteiger partial charge in [-0.25, -0.2) is 13.8 Å². The molecule has 7 nitrogen and oxygen atoms in total. The van der Waals surface area contributed by atoms with E-state index >= 15 is 0 Å². The van der Waals surface area contributed by atoms with Crippen LogP contribution < -0.4 is 14.8 Å². The highest BCUT2D eigenvalue weighted by Gasteiger charge is 2.11. The number of benzene rings is 1. The van der Waals surface area contributed by atoms with Crippen molar-refractivity contribution in [3.05, 3.63) is 53.7 Å². The molecular weight excluding hydrogens is 380 g/mol. The van der Waals surface area contributed by atoms with E-state index in [2.05, 4.69) is 20.4 Å². The van der Waals surface area contributed by atoms with Gasteiger partial charge in [-0.3, -0.25) is 4.68 Å². The SMILES string of the molecule is COc1ccc(COc2cnc(Cl)nc2Nc2cnn(CC(F)F)c2)cc1. The number of nitrogens with zero attached hydrogens (tertiary/aromatic N) is 4. The van der Waals surface area contributed by atoms with Crippen LogP contribution in [0.2, 0.25) is 5.28 Å². The Kier molecular flexibility index (Phi) is 6.02. The Morgan fingerprint density at radius 2 is 2.00 bits per heavy atom. The van der Waals surface area contributed by atoms with Crippen LogP contribution in [0.25, 0.3) is 0 Å². The van der Waals surface area contributed by atoms with Crippen LogP contribution in [0, 0.1) is 0 Å². The molecule has 142 valence electrons. The normalized spacial score (nSPS) is 10.9. The molecule has 27 heavy (non-hydrogen) atoms. The zero-order valence-electron chi connectivity index (χ0n) is 14.3. The summed E-state index contributed by atoms with van der Waals surface area (Å²) in [7, 11) is 1.60. The average molecular weight is 396 g/mol. The maximum atomic E-state index is 12.4. The molecule has 0 aliphatic carbocycles. The van der Waals surface area contributed by atoms with Crippen LogP contribution in [0.5, 0.6) is 11.5 Å². The maximum absolute atomic E-state index is 12.4. The van der Waals surface area contributed by atoms with Crippen molar-refractivity contribution in [3.8, 4) is 11.5 Å². The maximum Gasteiger partial charge on any atom is 0.257 e. The molecule has 0 fully saturated rings. The summed E-state index contributed by atoms with van der Waals surface area (Å²) in [5.41, 5.74) is 1.39. The van der Waals surface area contributed by atoms with Gasteiger partial charge < -0.3 is 14.8 Å². The van der Waals surface area contributed by atoms with E-state index in [1.165, 1.54) is 18.6 Å². The number of nitrogens with one attached hydrogen (secondary N) is 1. The molecule has 2 heterocycles. The predicted octanol–water partition coefficient (Wildman–Crippen LogP) is 3.92. The van der Waals surface area contributed by atoms with Crippen LogP contribution in [-0.4, -0.2) is 33.3 Å². The van der Waals surface area contributed by atoms with Crippen molar-refractivity contribution in [2.24, 2.45) is 0 Å². The van der Waals surface area contributed by atoms with E-state index in [9.17, 15) is 8.78 Å². The molecule has 0 saturated carbocycles. The van der Waals surface area contributed by atoms with Crippen LogP contribution in [0.15, 0.2) is 42.9 Å². The summed E-state index contributed by atoms with van der Waals surface area (Å²) in [4.78, 5) is 8.01. The summed E-state index contributed by atoms with van der Waals surface area (Å²) < 4.78 is 36.9. The Hall–Kier alpha value is -2.94. The monoisotopic (exact) mass is 395 g/mol. The average Bonchev–Trinajstić information content (AvgIpc) is 3.07. The van der Waals surface area contributed by atoms with Crippen molar-refractivity contribution in [1.82, 2.24) is 19.7 Å². The lowest BCUT2D eigenvalue weighted by Crippen LogP contribution is -2.06. The molecule has 0 saturated heterocycles. The molecule has 0 amide bonds. The van der Waals surface area contributed by atoms with Crippen LogP contribution in [-0.2, 0) is 13.2 Å². The molecule has 0 radical (unpaired) electrons. The Balaban J connectivity index is 1.71. The van der Waals surface area contributed by atoms with Crippen molar-refractivity contribution in [2.75, 3.05) is 12.4 Å². The van der Waals surface area contributed by atoms with Crippen molar-refractivity contribution < 1.29 is 18.3 Å². The second-order valence-electron chi connectivity index (χ2n) is 5.46. The van der Waals surface area contributed by atoms with E-state index in [-0.39, 0.29) is 11.9 Å². The first-order valence-electron chi connectivity index (χ1n) is 7.89. The molecule has 0 aliphatic heterocycles. The van der Waals surface area contributed by atoms with Gasteiger partial charge in [0.1, 0.15) is 18.9 Å². The van der Waals surface area contributed by atoms with Gasteiger partial charge in [-0.05, 0) is 29.3 Å². The number of halogens is 3. The summed E-state index contributed by atoms with van der Waals surface area (Å²) in [6.45, 7) is -0.221. The third kappa shape index (κ3) is 5.27. The number of methoxy groups -OCH3 is 1. The minimum atomic E-state index is -2.49. The number of anilines is 2. The third-order valence-corrected chi connectivity index (χ3v) is 3.68. The van der Waals surface area contributed by atoms with E-state index in [1.54, 1.807) is 7.11 Å². The number of hydrogen-bond donors (Lipinski definition) is 1. The van der Waals surface area contributed by atoms with Gasteiger partial charge in [0, 0.05) is 6.20 Å². The molecule has 0 spiro atoms. The van der Waals surface area contributed by atoms with E-state index in [1.807, 2.05) is 24.3 Å². The van der Waals surface area contributed by atoms with Crippen molar-refractivity contribution in [1.29, 1.82) is 0 Å². The lowest BCUT2D eigenvalue weighted by atomic mass is 10.2. The summed E-state index contributed by atoms with van der Waals surface area (Å²) in [5.74, 6) is 1.41. The fourth-order valence-electron chi connectivity index (χ4n) is 2.23. The standard InChI is InChI=1S/C17H16ClF2N5O2/c1-26-13-4-2-11(3-5-13)10-27-14-7-21-17(18)24-16(14)23-12-6-22-25(8-12)9-15(19)20/h2-8,15H,9-10H2,1H3,(H,21,23,24). The highest BCUT2D eigenvalue weighted by molar-refractivity contribution is 6.28. The summed E-state index contributed by atoms with van der Waals surface area (Å²) in [5, 5.41) is 6.83. The lowest BCUT2D eigenvalue weighted by Gasteiger charge is -2.11.